The summed E-state index contributed by atoms with van der Waals surface area (Å²) >= 11 is 3.27. The lowest BCUT2D eigenvalue weighted by molar-refractivity contribution is -0.378. The fourth-order valence-corrected chi connectivity index (χ4v) is 2.70. The number of hydrogen-bond acceptors (Lipinski definition) is 2. The Labute approximate surface area is 114 Å². The van der Waals surface area contributed by atoms with Gasteiger partial charge in [0, 0.05) is 22.6 Å². The molecule has 4 nitrogen and oxygen atoms in total. The summed E-state index contributed by atoms with van der Waals surface area (Å²) in [6.07, 6.45) is 3.52. The maximum atomic E-state index is 12.0. The van der Waals surface area contributed by atoms with Crippen LogP contribution in [0.25, 0.3) is 0 Å². The molecule has 0 unspecified atom stereocenters. The molecule has 0 atom stereocenters. The Morgan fingerprint density at radius 3 is 2.50 bits per heavy atom. The lowest BCUT2D eigenvalue weighted by atomic mass is 10.3. The van der Waals surface area contributed by atoms with E-state index in [0.29, 0.717) is 0 Å². The van der Waals surface area contributed by atoms with Gasteiger partial charge in [-0.2, -0.15) is 0 Å². The van der Waals surface area contributed by atoms with Crippen molar-refractivity contribution in [1.82, 2.24) is 4.72 Å². The molecule has 0 fully saturated rings. The molecule has 0 aliphatic carbocycles. The number of aromatic amines is 1. The Kier molecular flexibility index (Phi) is 4.11. The molecule has 18 heavy (non-hydrogen) atoms. The number of aromatic nitrogens is 1. The Morgan fingerprint density at radius 1 is 1.17 bits per heavy atom. The average molecular weight is 328 g/mol. The molecule has 0 amide bonds. The van der Waals surface area contributed by atoms with Gasteiger partial charge in [0.15, 0.2) is 12.4 Å². The maximum absolute atomic E-state index is 12.0. The molecule has 0 radical (unpaired) electrons. The molecule has 0 aliphatic rings. The van der Waals surface area contributed by atoms with Crippen LogP contribution in [0.1, 0.15) is 5.56 Å². The van der Waals surface area contributed by atoms with Crippen LogP contribution in [0.15, 0.2) is 58.2 Å². The van der Waals surface area contributed by atoms with E-state index in [9.17, 15) is 8.42 Å². The largest absolute Gasteiger partial charge is 0.240 e. The first-order valence-electron chi connectivity index (χ1n) is 5.28. The number of sulfonamides is 1. The van der Waals surface area contributed by atoms with Crippen LogP contribution in [-0.2, 0) is 16.6 Å². The highest BCUT2D eigenvalue weighted by atomic mass is 79.9. The van der Waals surface area contributed by atoms with E-state index in [0.717, 1.165) is 10.0 Å². The van der Waals surface area contributed by atoms with E-state index >= 15 is 0 Å². The van der Waals surface area contributed by atoms with Crippen LogP contribution in [0, 0.1) is 0 Å². The van der Waals surface area contributed by atoms with Crippen LogP contribution in [0.3, 0.4) is 0 Å². The SMILES string of the molecule is O=S(=O)(NCc1ccc[nH+]c1)c1ccc(Br)cc1. The first-order valence-corrected chi connectivity index (χ1v) is 7.56. The van der Waals surface area contributed by atoms with Gasteiger partial charge in [-0.15, -0.1) is 0 Å². The van der Waals surface area contributed by atoms with Gasteiger partial charge < -0.3 is 0 Å². The van der Waals surface area contributed by atoms with Gasteiger partial charge in [0.25, 0.3) is 0 Å². The molecule has 0 bridgehead atoms. The van der Waals surface area contributed by atoms with Crippen LogP contribution < -0.4 is 9.71 Å². The third-order valence-electron chi connectivity index (χ3n) is 2.36. The first kappa shape index (κ1) is 13.2. The third kappa shape index (κ3) is 3.38. The number of nitrogens with one attached hydrogen (secondary N) is 2. The van der Waals surface area contributed by atoms with Crippen molar-refractivity contribution in [2.24, 2.45) is 0 Å². The second-order valence-corrected chi connectivity index (χ2v) is 6.37. The summed E-state index contributed by atoms with van der Waals surface area (Å²) in [5, 5.41) is 0. The quantitative estimate of drug-likeness (QED) is 0.929. The summed E-state index contributed by atoms with van der Waals surface area (Å²) in [6.45, 7) is 0.260. The van der Waals surface area contributed by atoms with Crippen molar-refractivity contribution in [3.63, 3.8) is 0 Å². The molecule has 1 heterocycles. The predicted octanol–water partition coefficient (Wildman–Crippen LogP) is 1.74. The van der Waals surface area contributed by atoms with Gasteiger partial charge in [-0.05, 0) is 30.3 Å². The van der Waals surface area contributed by atoms with Crippen LogP contribution >= 0.6 is 15.9 Å². The second-order valence-electron chi connectivity index (χ2n) is 3.69. The van der Waals surface area contributed by atoms with Gasteiger partial charge in [-0.3, -0.25) is 0 Å². The molecule has 0 spiro atoms. The van der Waals surface area contributed by atoms with Crippen molar-refractivity contribution in [3.8, 4) is 0 Å². The van der Waals surface area contributed by atoms with Crippen molar-refractivity contribution >= 4 is 26.0 Å². The molecule has 1 aromatic heterocycles. The topological polar surface area (TPSA) is 60.3 Å². The number of H-pyrrole nitrogens is 1. The number of benzene rings is 1. The van der Waals surface area contributed by atoms with E-state index in [1.165, 1.54) is 0 Å². The fourth-order valence-electron chi connectivity index (χ4n) is 1.42. The highest BCUT2D eigenvalue weighted by Gasteiger charge is 2.13. The zero-order valence-electron chi connectivity index (χ0n) is 9.43. The zero-order valence-corrected chi connectivity index (χ0v) is 11.8. The number of rotatable bonds is 4. The average Bonchev–Trinajstić information content (AvgIpc) is 2.38. The van der Waals surface area contributed by atoms with Crippen molar-refractivity contribution in [2.75, 3.05) is 0 Å². The molecule has 94 valence electrons. The Morgan fingerprint density at radius 2 is 1.89 bits per heavy atom. The monoisotopic (exact) mass is 327 g/mol. The van der Waals surface area contributed by atoms with Crippen molar-refractivity contribution < 1.29 is 13.4 Å². The van der Waals surface area contributed by atoms with E-state index in [1.807, 2.05) is 12.1 Å². The maximum Gasteiger partial charge on any atom is 0.240 e. The minimum Gasteiger partial charge on any atom is -0.218 e. The van der Waals surface area contributed by atoms with E-state index in [-0.39, 0.29) is 11.4 Å². The Bertz CT molecular complexity index is 612. The molecule has 2 N–H and O–H groups in total. The Balaban J connectivity index is 2.11. The third-order valence-corrected chi connectivity index (χ3v) is 4.31. The van der Waals surface area contributed by atoms with Gasteiger partial charge in [0.1, 0.15) is 0 Å². The predicted molar refractivity (Wildman–Crippen MR) is 71.2 cm³/mol. The summed E-state index contributed by atoms with van der Waals surface area (Å²) < 4.78 is 27.4. The van der Waals surface area contributed by atoms with E-state index in [2.05, 4.69) is 25.6 Å². The summed E-state index contributed by atoms with van der Waals surface area (Å²) in [7, 11) is -3.46. The molecular formula is C12H12BrN2O2S+. The van der Waals surface area contributed by atoms with E-state index in [1.54, 1.807) is 36.7 Å². The van der Waals surface area contributed by atoms with E-state index in [4.69, 9.17) is 0 Å². The molecule has 0 saturated heterocycles. The highest BCUT2D eigenvalue weighted by molar-refractivity contribution is 9.10. The van der Waals surface area contributed by atoms with Crippen molar-refractivity contribution in [2.45, 2.75) is 11.4 Å². The number of hydrogen-bond donors (Lipinski definition) is 1. The van der Waals surface area contributed by atoms with Gasteiger partial charge in [-0.25, -0.2) is 18.1 Å². The lowest BCUT2D eigenvalue weighted by Gasteiger charge is -2.05. The minimum atomic E-state index is -3.46. The standard InChI is InChI=1S/C12H11BrN2O2S/c13-11-3-5-12(6-4-11)18(16,17)15-9-10-2-1-7-14-8-10/h1-8,15H,9H2/p+1. The van der Waals surface area contributed by atoms with Crippen molar-refractivity contribution in [1.29, 1.82) is 0 Å². The minimum absolute atomic E-state index is 0.255. The highest BCUT2D eigenvalue weighted by Crippen LogP contribution is 2.14. The molecule has 0 saturated carbocycles. The number of pyridine rings is 1. The molecule has 2 aromatic rings. The molecule has 1 aromatic carbocycles. The Hall–Kier alpha value is -1.24. The van der Waals surface area contributed by atoms with Gasteiger partial charge in [-0.1, -0.05) is 15.9 Å². The van der Waals surface area contributed by atoms with Crippen LogP contribution in [0.2, 0.25) is 0 Å². The van der Waals surface area contributed by atoms with Crippen molar-refractivity contribution in [3.05, 3.63) is 58.8 Å². The second kappa shape index (κ2) is 5.60. The molecule has 0 aliphatic heterocycles. The van der Waals surface area contributed by atoms with Crippen LogP contribution in [-0.4, -0.2) is 8.42 Å². The zero-order chi connectivity index (χ0) is 13.0. The van der Waals surface area contributed by atoms with Gasteiger partial charge in [0.05, 0.1) is 4.90 Å². The fraction of sp³-hybridized carbons (Fsp3) is 0.0833. The lowest BCUT2D eigenvalue weighted by Crippen LogP contribution is -2.23. The normalized spacial score (nSPS) is 11.4. The first-order chi connectivity index (χ1) is 8.58. The summed E-state index contributed by atoms with van der Waals surface area (Å²) in [5.74, 6) is 0. The van der Waals surface area contributed by atoms with Crippen LogP contribution in [0.5, 0.6) is 0 Å². The van der Waals surface area contributed by atoms with Gasteiger partial charge >= 0.3 is 0 Å². The molecule has 2 rings (SSSR count). The molecular weight excluding hydrogens is 316 g/mol. The van der Waals surface area contributed by atoms with E-state index < -0.39 is 10.0 Å². The number of halogens is 1. The smallest absolute Gasteiger partial charge is 0.218 e. The molecule has 6 heteroatoms. The summed E-state index contributed by atoms with van der Waals surface area (Å²) in [4.78, 5) is 3.16. The summed E-state index contributed by atoms with van der Waals surface area (Å²) in [6, 6.07) is 10.2. The van der Waals surface area contributed by atoms with Crippen LogP contribution in [0.4, 0.5) is 0 Å². The summed E-state index contributed by atoms with van der Waals surface area (Å²) in [5.41, 5.74) is 0.873. The van der Waals surface area contributed by atoms with Gasteiger partial charge in [0.2, 0.25) is 10.0 Å².